The van der Waals surface area contributed by atoms with E-state index in [2.05, 4.69) is 30.9 Å². The van der Waals surface area contributed by atoms with Crippen LogP contribution in [-0.4, -0.2) is 34.0 Å². The van der Waals surface area contributed by atoms with E-state index in [-0.39, 0.29) is 17.8 Å². The second-order valence-corrected chi connectivity index (χ2v) is 10.1. The highest BCUT2D eigenvalue weighted by atomic mass is 32.1. The van der Waals surface area contributed by atoms with Gasteiger partial charge in [0, 0.05) is 41.3 Å². The van der Waals surface area contributed by atoms with Crippen LogP contribution in [0.4, 0.5) is 10.1 Å². The Kier molecular flexibility index (Phi) is 5.59. The summed E-state index contributed by atoms with van der Waals surface area (Å²) in [6.07, 6.45) is 5.20. The summed E-state index contributed by atoms with van der Waals surface area (Å²) < 4.78 is 13.9. The number of hydrogen-bond acceptors (Lipinski definition) is 4. The van der Waals surface area contributed by atoms with Crippen LogP contribution in [0.5, 0.6) is 5.75 Å². The molecule has 1 N–H and O–H groups in total. The maximum Gasteiger partial charge on any atom is 0.251 e. The van der Waals surface area contributed by atoms with Crippen LogP contribution in [0, 0.1) is 12.7 Å². The first-order chi connectivity index (χ1) is 15.9. The van der Waals surface area contributed by atoms with Crippen LogP contribution in [-0.2, 0) is 11.3 Å². The molecule has 33 heavy (non-hydrogen) atoms. The second kappa shape index (κ2) is 8.43. The standard InChI is InChI=1S/C27H27FN2O2S/c1-18-9-13-33-26(18)23-14-20(6-7-24(23)31)17-29-12-11-27(16-19(29)2)10-8-25(32)30(27)22-5-3-4-21(28)15-22/h3-10,13-15,19,31H,11-12,16-17H2,1-2H3/t19-,27+/m0/s1. The van der Waals surface area contributed by atoms with Gasteiger partial charge in [0.25, 0.3) is 5.91 Å². The number of phenols is 1. The summed E-state index contributed by atoms with van der Waals surface area (Å²) in [5, 5.41) is 12.5. The zero-order valence-corrected chi connectivity index (χ0v) is 19.6. The van der Waals surface area contributed by atoms with E-state index in [1.807, 2.05) is 17.5 Å². The second-order valence-electron chi connectivity index (χ2n) is 9.15. The monoisotopic (exact) mass is 462 g/mol. The van der Waals surface area contributed by atoms with Crippen molar-refractivity contribution in [3.8, 4) is 16.2 Å². The lowest BCUT2D eigenvalue weighted by Crippen LogP contribution is -2.56. The number of aromatic hydroxyl groups is 1. The van der Waals surface area contributed by atoms with Gasteiger partial charge in [-0.1, -0.05) is 18.2 Å². The lowest BCUT2D eigenvalue weighted by atomic mass is 9.82. The number of carbonyl (C=O) groups excluding carboxylic acids is 1. The molecule has 0 radical (unpaired) electrons. The van der Waals surface area contributed by atoms with Gasteiger partial charge in [-0.15, -0.1) is 11.3 Å². The van der Waals surface area contributed by atoms with Gasteiger partial charge < -0.3 is 5.11 Å². The predicted molar refractivity (Wildman–Crippen MR) is 131 cm³/mol. The zero-order valence-electron chi connectivity index (χ0n) is 18.8. The Balaban J connectivity index is 1.36. The number of phenolic OH excluding ortho intramolecular Hbond substituents is 1. The molecule has 2 aliphatic rings. The van der Waals surface area contributed by atoms with Crippen molar-refractivity contribution < 1.29 is 14.3 Å². The van der Waals surface area contributed by atoms with Crippen molar-refractivity contribution in [2.45, 2.75) is 44.8 Å². The Morgan fingerprint density at radius 3 is 2.79 bits per heavy atom. The van der Waals surface area contributed by atoms with Gasteiger partial charge in [0.2, 0.25) is 0 Å². The largest absolute Gasteiger partial charge is 0.507 e. The third kappa shape index (κ3) is 3.98. The van der Waals surface area contributed by atoms with Crippen molar-refractivity contribution in [2.75, 3.05) is 11.4 Å². The van der Waals surface area contributed by atoms with E-state index >= 15 is 0 Å². The van der Waals surface area contributed by atoms with E-state index in [0.717, 1.165) is 47.5 Å². The van der Waals surface area contributed by atoms with Crippen LogP contribution in [0.15, 0.2) is 66.1 Å². The first-order valence-corrected chi connectivity index (χ1v) is 12.1. The van der Waals surface area contributed by atoms with Gasteiger partial charge >= 0.3 is 0 Å². The molecule has 0 bridgehead atoms. The Hall–Kier alpha value is -2.96. The minimum Gasteiger partial charge on any atom is -0.507 e. The molecule has 2 atom stereocenters. The first kappa shape index (κ1) is 21.9. The fourth-order valence-corrected chi connectivity index (χ4v) is 6.18. The van der Waals surface area contributed by atoms with E-state index in [9.17, 15) is 14.3 Å². The van der Waals surface area contributed by atoms with Crippen molar-refractivity contribution in [1.29, 1.82) is 0 Å². The van der Waals surface area contributed by atoms with E-state index < -0.39 is 5.54 Å². The molecule has 6 heteroatoms. The molecule has 5 rings (SSSR count). The molecule has 3 heterocycles. The molecule has 0 saturated carbocycles. The van der Waals surface area contributed by atoms with Gasteiger partial charge in [-0.2, -0.15) is 0 Å². The number of piperidine rings is 1. The number of thiophene rings is 1. The molecule has 1 saturated heterocycles. The van der Waals surface area contributed by atoms with E-state index in [4.69, 9.17) is 0 Å². The van der Waals surface area contributed by atoms with Crippen LogP contribution < -0.4 is 4.90 Å². The highest BCUT2D eigenvalue weighted by Gasteiger charge is 2.46. The minimum atomic E-state index is -0.422. The quantitative estimate of drug-likeness (QED) is 0.525. The van der Waals surface area contributed by atoms with Gasteiger partial charge in [0.1, 0.15) is 11.6 Å². The van der Waals surface area contributed by atoms with Crippen LogP contribution in [0.25, 0.3) is 10.4 Å². The van der Waals surface area contributed by atoms with Gasteiger partial charge in [0.05, 0.1) is 5.54 Å². The third-order valence-electron chi connectivity index (χ3n) is 6.93. The average Bonchev–Trinajstić information content (AvgIpc) is 3.34. The molecular formula is C27H27FN2O2S. The van der Waals surface area contributed by atoms with E-state index in [0.29, 0.717) is 11.4 Å². The Morgan fingerprint density at radius 1 is 1.21 bits per heavy atom. The zero-order chi connectivity index (χ0) is 23.2. The molecule has 1 amide bonds. The van der Waals surface area contributed by atoms with Crippen molar-refractivity contribution in [3.05, 3.63) is 83.0 Å². The number of hydrogen-bond donors (Lipinski definition) is 1. The van der Waals surface area contributed by atoms with Crippen LogP contribution >= 0.6 is 11.3 Å². The maximum atomic E-state index is 13.9. The molecule has 0 aliphatic carbocycles. The van der Waals surface area contributed by atoms with Gasteiger partial charge in [-0.3, -0.25) is 14.6 Å². The molecule has 2 aliphatic heterocycles. The average molecular weight is 463 g/mol. The number of nitrogens with zero attached hydrogens (tertiary/aromatic N) is 2. The summed E-state index contributed by atoms with van der Waals surface area (Å²) in [6.45, 7) is 5.84. The van der Waals surface area contributed by atoms with Crippen LogP contribution in [0.2, 0.25) is 0 Å². The van der Waals surface area contributed by atoms with Crippen molar-refractivity contribution in [1.82, 2.24) is 4.90 Å². The van der Waals surface area contributed by atoms with Gasteiger partial charge in [-0.05, 0) is 79.6 Å². The summed E-state index contributed by atoms with van der Waals surface area (Å²) in [5.74, 6) is -0.122. The third-order valence-corrected chi connectivity index (χ3v) is 7.98. The number of rotatable bonds is 4. The topological polar surface area (TPSA) is 43.8 Å². The summed E-state index contributed by atoms with van der Waals surface area (Å²) in [7, 11) is 0. The molecule has 1 fully saturated rings. The molecule has 2 aromatic carbocycles. The number of benzene rings is 2. The number of aryl methyl sites for hydroxylation is 1. The Morgan fingerprint density at radius 2 is 2.06 bits per heavy atom. The highest BCUT2D eigenvalue weighted by Crippen LogP contribution is 2.41. The minimum absolute atomic E-state index is 0.0873. The summed E-state index contributed by atoms with van der Waals surface area (Å²) in [4.78, 5) is 18.0. The summed E-state index contributed by atoms with van der Waals surface area (Å²) in [6, 6.07) is 14.4. The van der Waals surface area contributed by atoms with Crippen molar-refractivity contribution in [3.63, 3.8) is 0 Å². The van der Waals surface area contributed by atoms with E-state index in [1.165, 1.54) is 12.1 Å². The fraction of sp³-hybridized carbons (Fsp3) is 0.296. The lowest BCUT2D eigenvalue weighted by Gasteiger charge is -2.47. The van der Waals surface area contributed by atoms with Gasteiger partial charge in [-0.25, -0.2) is 4.39 Å². The van der Waals surface area contributed by atoms with Gasteiger partial charge in [0.15, 0.2) is 0 Å². The van der Waals surface area contributed by atoms with Crippen LogP contribution in [0.1, 0.15) is 30.9 Å². The van der Waals surface area contributed by atoms with E-state index in [1.54, 1.807) is 40.5 Å². The predicted octanol–water partition coefficient (Wildman–Crippen LogP) is 5.89. The SMILES string of the molecule is Cc1ccsc1-c1cc(CN2CC[C@]3(C=CC(=O)N3c3cccc(F)c3)C[C@@H]2C)ccc1O. The fourth-order valence-electron chi connectivity index (χ4n) is 5.23. The molecule has 1 spiro atoms. The number of anilines is 1. The molecule has 1 aromatic heterocycles. The molecular weight excluding hydrogens is 435 g/mol. The Bertz CT molecular complexity index is 1240. The number of carbonyl (C=O) groups is 1. The molecule has 4 nitrogen and oxygen atoms in total. The molecule has 0 unspecified atom stereocenters. The number of amides is 1. The normalized spacial score (nSPS) is 23.1. The smallest absolute Gasteiger partial charge is 0.251 e. The maximum absolute atomic E-state index is 13.9. The lowest BCUT2D eigenvalue weighted by molar-refractivity contribution is -0.114. The Labute approximate surface area is 197 Å². The number of halogens is 1. The summed E-state index contributed by atoms with van der Waals surface area (Å²) >= 11 is 1.64. The summed E-state index contributed by atoms with van der Waals surface area (Å²) in [5.41, 5.74) is 3.38. The molecule has 170 valence electrons. The van der Waals surface area contributed by atoms with Crippen molar-refractivity contribution in [2.24, 2.45) is 0 Å². The first-order valence-electron chi connectivity index (χ1n) is 11.3. The number of likely N-dealkylation sites (tertiary alicyclic amines) is 1. The highest BCUT2D eigenvalue weighted by molar-refractivity contribution is 7.13. The van der Waals surface area contributed by atoms with Crippen LogP contribution in [0.3, 0.4) is 0 Å². The van der Waals surface area contributed by atoms with Crippen molar-refractivity contribution >= 4 is 22.9 Å². The molecule has 3 aromatic rings.